The summed E-state index contributed by atoms with van der Waals surface area (Å²) in [6.07, 6.45) is 11.1. The Balaban J connectivity index is 1.53. The summed E-state index contributed by atoms with van der Waals surface area (Å²) < 4.78 is 35.4. The van der Waals surface area contributed by atoms with Gasteiger partial charge in [0.1, 0.15) is 6.10 Å². The van der Waals surface area contributed by atoms with Crippen LogP contribution >= 0.6 is 0 Å². The molecule has 2 aromatic carbocycles. The zero-order valence-electron chi connectivity index (χ0n) is 31.9. The molecule has 0 aromatic heterocycles. The molecule has 2 aliphatic heterocycles. The van der Waals surface area contributed by atoms with Gasteiger partial charge in [-0.1, -0.05) is 46.5 Å². The first kappa shape index (κ1) is 36.4. The summed E-state index contributed by atoms with van der Waals surface area (Å²) in [5, 5.41) is 0. The predicted molar refractivity (Wildman–Crippen MR) is 196 cm³/mol. The van der Waals surface area contributed by atoms with Crippen LogP contribution in [-0.4, -0.2) is 41.8 Å². The van der Waals surface area contributed by atoms with E-state index in [9.17, 15) is 4.79 Å². The Morgan fingerprint density at radius 3 is 2.37 bits per heavy atom. The molecule has 270 valence electrons. The van der Waals surface area contributed by atoms with E-state index in [4.69, 9.17) is 14.2 Å². The monoisotopic (exact) mass is 675 g/mol. The van der Waals surface area contributed by atoms with Crippen LogP contribution in [0.15, 0.2) is 6.07 Å². The van der Waals surface area contributed by atoms with Crippen molar-refractivity contribution in [1.82, 2.24) is 4.90 Å². The van der Waals surface area contributed by atoms with Crippen LogP contribution in [0.1, 0.15) is 144 Å². The average Bonchev–Trinajstić information content (AvgIpc) is 3.07. The van der Waals surface area contributed by atoms with Gasteiger partial charge in [0.2, 0.25) is 0 Å². The van der Waals surface area contributed by atoms with Crippen LogP contribution in [-0.2, 0) is 33.7 Å². The normalized spacial score (nSPS) is 24.3. The van der Waals surface area contributed by atoms with Crippen LogP contribution in [0.4, 0.5) is 4.39 Å². The Labute approximate surface area is 295 Å². The molecular formula is C43H62FNO4. The lowest BCUT2D eigenvalue weighted by Gasteiger charge is -2.41. The molecule has 2 saturated carbocycles. The third-order valence-electron chi connectivity index (χ3n) is 12.3. The first-order chi connectivity index (χ1) is 23.2. The van der Waals surface area contributed by atoms with Crippen LogP contribution in [0.5, 0.6) is 5.75 Å². The largest absolute Gasteiger partial charge is 0.490 e. The van der Waals surface area contributed by atoms with Gasteiger partial charge >= 0.3 is 5.97 Å². The van der Waals surface area contributed by atoms with Crippen molar-refractivity contribution in [2.24, 2.45) is 17.8 Å². The smallest absolute Gasteiger partial charge is 0.340 e. The molecular weight excluding hydrogens is 613 g/mol. The molecule has 6 rings (SSSR count). The molecule has 0 bridgehead atoms. The number of carbonyl (C=O) groups excluding carboxylic acids is 1. The fourth-order valence-corrected chi connectivity index (χ4v) is 9.64. The summed E-state index contributed by atoms with van der Waals surface area (Å²) >= 11 is 0. The van der Waals surface area contributed by atoms with Gasteiger partial charge in [-0.15, -0.1) is 0 Å². The van der Waals surface area contributed by atoms with Crippen molar-refractivity contribution in [2.75, 3.05) is 13.2 Å². The van der Waals surface area contributed by atoms with Gasteiger partial charge in [0.25, 0.3) is 0 Å². The summed E-state index contributed by atoms with van der Waals surface area (Å²) in [4.78, 5) is 17.5. The molecule has 0 saturated heterocycles. The van der Waals surface area contributed by atoms with Crippen molar-refractivity contribution >= 4 is 5.97 Å². The highest BCUT2D eigenvalue weighted by Gasteiger charge is 2.40. The summed E-state index contributed by atoms with van der Waals surface area (Å²) in [7, 11) is 0. The number of ether oxygens (including phenoxy) is 3. The third-order valence-corrected chi connectivity index (χ3v) is 12.3. The van der Waals surface area contributed by atoms with Gasteiger partial charge < -0.3 is 14.2 Å². The summed E-state index contributed by atoms with van der Waals surface area (Å²) in [6.45, 7) is 21.7. The fraction of sp³-hybridized carbons (Fsp3) is 0.698. The van der Waals surface area contributed by atoms with Gasteiger partial charge in [-0.05, 0) is 149 Å². The van der Waals surface area contributed by atoms with E-state index in [2.05, 4.69) is 46.4 Å². The maximum absolute atomic E-state index is 16.0. The molecule has 2 aliphatic carbocycles. The molecule has 2 heterocycles. The van der Waals surface area contributed by atoms with E-state index in [1.807, 2.05) is 20.8 Å². The maximum Gasteiger partial charge on any atom is 0.340 e. The van der Waals surface area contributed by atoms with Gasteiger partial charge in [0.15, 0.2) is 17.7 Å². The van der Waals surface area contributed by atoms with E-state index in [0.29, 0.717) is 36.2 Å². The van der Waals surface area contributed by atoms with E-state index in [0.717, 1.165) is 90.6 Å². The van der Waals surface area contributed by atoms with Gasteiger partial charge in [-0.25, -0.2) is 9.18 Å². The van der Waals surface area contributed by atoms with Gasteiger partial charge in [-0.2, -0.15) is 0 Å². The highest BCUT2D eigenvalue weighted by atomic mass is 19.1. The van der Waals surface area contributed by atoms with Gasteiger partial charge in [0, 0.05) is 30.3 Å². The van der Waals surface area contributed by atoms with E-state index < -0.39 is 11.7 Å². The summed E-state index contributed by atoms with van der Waals surface area (Å²) in [5.41, 5.74) is 8.89. The minimum absolute atomic E-state index is 0.145. The topological polar surface area (TPSA) is 48.0 Å². The van der Waals surface area contributed by atoms with E-state index in [-0.39, 0.29) is 17.9 Å². The number of rotatable bonds is 7. The third kappa shape index (κ3) is 7.47. The van der Waals surface area contributed by atoms with Crippen molar-refractivity contribution < 1.29 is 23.4 Å². The van der Waals surface area contributed by atoms with E-state index in [1.165, 1.54) is 43.2 Å². The zero-order valence-corrected chi connectivity index (χ0v) is 31.9. The van der Waals surface area contributed by atoms with Gasteiger partial charge in [0.05, 0.1) is 12.2 Å². The molecule has 49 heavy (non-hydrogen) atoms. The lowest BCUT2D eigenvalue weighted by Crippen LogP contribution is -2.41. The molecule has 0 spiro atoms. The first-order valence-electron chi connectivity index (χ1n) is 19.5. The van der Waals surface area contributed by atoms with Crippen molar-refractivity contribution in [3.8, 4) is 16.9 Å². The Kier molecular flexibility index (Phi) is 10.9. The SMILES string of the molecule is Cc1c(-c2c(C)c3c(c(C)c2[C@@H](OC(C)(C)C)C(=O)O[C@H]2C[C@H](C)CC[C@H]2C(C)C)CCN(C2CCCCC2)C3)cc(F)c2c1CCCO2. The molecule has 0 unspecified atom stereocenters. The quantitative estimate of drug-likeness (QED) is 0.274. The fourth-order valence-electron chi connectivity index (χ4n) is 9.64. The minimum atomic E-state index is -0.935. The molecule has 4 aliphatic rings. The molecule has 0 amide bonds. The van der Waals surface area contributed by atoms with Crippen LogP contribution in [0.3, 0.4) is 0 Å². The molecule has 6 heteroatoms. The van der Waals surface area contributed by atoms with Crippen LogP contribution in [0.2, 0.25) is 0 Å². The Morgan fingerprint density at radius 2 is 1.67 bits per heavy atom. The first-order valence-corrected chi connectivity index (χ1v) is 19.5. The highest BCUT2D eigenvalue weighted by Crippen LogP contribution is 2.47. The number of nitrogens with zero attached hydrogens (tertiary/aromatic N) is 1. The van der Waals surface area contributed by atoms with Crippen LogP contribution in [0, 0.1) is 44.3 Å². The molecule has 4 atom stereocenters. The van der Waals surface area contributed by atoms with Crippen LogP contribution in [0.25, 0.3) is 11.1 Å². The lowest BCUT2D eigenvalue weighted by atomic mass is 9.75. The molecule has 2 fully saturated rings. The second-order valence-electron chi connectivity index (χ2n) is 17.2. The number of hydrogen-bond acceptors (Lipinski definition) is 5. The van der Waals surface area contributed by atoms with Crippen molar-refractivity contribution in [1.29, 1.82) is 0 Å². The molecule has 5 nitrogen and oxygen atoms in total. The van der Waals surface area contributed by atoms with Crippen molar-refractivity contribution in [3.63, 3.8) is 0 Å². The number of fused-ring (bicyclic) bond motifs is 2. The highest BCUT2D eigenvalue weighted by molar-refractivity contribution is 5.86. The number of benzene rings is 2. The molecule has 0 radical (unpaired) electrons. The lowest BCUT2D eigenvalue weighted by molar-refractivity contribution is -0.178. The van der Waals surface area contributed by atoms with E-state index >= 15 is 4.39 Å². The maximum atomic E-state index is 16.0. The Hall–Kier alpha value is -2.44. The van der Waals surface area contributed by atoms with Gasteiger partial charge in [-0.3, -0.25) is 4.90 Å². The number of carbonyl (C=O) groups is 1. The van der Waals surface area contributed by atoms with E-state index in [1.54, 1.807) is 6.07 Å². The Morgan fingerprint density at radius 1 is 0.939 bits per heavy atom. The number of halogens is 1. The van der Waals surface area contributed by atoms with Crippen molar-refractivity contribution in [3.05, 3.63) is 50.8 Å². The summed E-state index contributed by atoms with van der Waals surface area (Å²) in [5.74, 6) is 0.996. The number of hydrogen-bond donors (Lipinski definition) is 0. The Bertz CT molecular complexity index is 1530. The molecule has 0 N–H and O–H groups in total. The zero-order chi connectivity index (χ0) is 35.2. The van der Waals surface area contributed by atoms with Crippen LogP contribution < -0.4 is 4.74 Å². The average molecular weight is 676 g/mol. The predicted octanol–water partition coefficient (Wildman–Crippen LogP) is 10.3. The second kappa shape index (κ2) is 14.7. The standard InChI is InChI=1S/C43H62FNO4/c1-25(2)31-18-17-26(3)22-37(31)48-42(46)41(49-43(7,8)9)39-28(5)32-19-20-45(30-14-11-10-12-15-30)24-35(32)29(6)38(39)34-23-36(44)40-33(27(34)4)16-13-21-47-40/h23,25-26,30-31,37,41H,10-22,24H2,1-9H3/t26-,31+,37+,41-/m1/s1. The van der Waals surface area contributed by atoms with Crippen molar-refractivity contribution in [2.45, 2.75) is 163 Å². The summed E-state index contributed by atoms with van der Waals surface area (Å²) in [6, 6.07) is 2.28. The second-order valence-corrected chi connectivity index (χ2v) is 17.2. The number of esters is 1. The molecule has 2 aromatic rings. The minimum Gasteiger partial charge on any atom is -0.490 e.